The van der Waals surface area contributed by atoms with E-state index in [-0.39, 0.29) is 6.04 Å². The summed E-state index contributed by atoms with van der Waals surface area (Å²) in [4.78, 5) is 18.2. The fourth-order valence-electron chi connectivity index (χ4n) is 2.28. The Hall–Kier alpha value is -1.69. The van der Waals surface area contributed by atoms with Gasteiger partial charge in [-0.2, -0.15) is 0 Å². The largest absolute Gasteiger partial charge is 0.453 e. The van der Waals surface area contributed by atoms with Gasteiger partial charge in [-0.3, -0.25) is 10.3 Å². The number of anilines is 1. The van der Waals surface area contributed by atoms with Crippen LogP contribution in [-0.4, -0.2) is 42.1 Å². The molecule has 1 atom stereocenters. The zero-order chi connectivity index (χ0) is 13.2. The molecule has 6 heteroatoms. The van der Waals surface area contributed by atoms with Crippen LogP contribution in [0.15, 0.2) is 29.3 Å². The maximum absolute atomic E-state index is 11.2. The molecule has 1 unspecified atom stereocenters. The van der Waals surface area contributed by atoms with Gasteiger partial charge in [0.05, 0.1) is 13.2 Å². The molecule has 1 aromatic carbocycles. The topological polar surface area (TPSA) is 53.9 Å². The van der Waals surface area contributed by atoms with Crippen molar-refractivity contribution in [2.45, 2.75) is 6.04 Å². The number of nitrogens with one attached hydrogen (secondary N) is 1. The van der Waals surface area contributed by atoms with Crippen LogP contribution < -0.4 is 5.32 Å². The van der Waals surface area contributed by atoms with Crippen molar-refractivity contribution in [2.75, 3.05) is 31.3 Å². The highest BCUT2D eigenvalue weighted by molar-refractivity contribution is 8.14. The maximum Gasteiger partial charge on any atom is 0.411 e. The number of amides is 1. The van der Waals surface area contributed by atoms with Crippen LogP contribution in [0.25, 0.3) is 0 Å². The van der Waals surface area contributed by atoms with Gasteiger partial charge in [-0.1, -0.05) is 23.9 Å². The number of fused-ring (bicyclic) bond motifs is 1. The summed E-state index contributed by atoms with van der Waals surface area (Å²) in [6.07, 6.45) is -0.453. The maximum atomic E-state index is 11.2. The average Bonchev–Trinajstić information content (AvgIpc) is 2.99. The second-order valence-electron chi connectivity index (χ2n) is 4.46. The molecule has 5 nitrogen and oxygen atoms in total. The molecule has 1 N–H and O–H groups in total. The van der Waals surface area contributed by atoms with E-state index in [1.54, 1.807) is 0 Å². The van der Waals surface area contributed by atoms with Gasteiger partial charge in [0.25, 0.3) is 0 Å². The Morgan fingerprint density at radius 1 is 1.58 bits per heavy atom. The number of thioether (sulfide) groups is 1. The van der Waals surface area contributed by atoms with E-state index in [1.807, 2.05) is 36.0 Å². The van der Waals surface area contributed by atoms with Crippen LogP contribution in [0.2, 0.25) is 0 Å². The van der Waals surface area contributed by atoms with E-state index in [0.717, 1.165) is 35.3 Å². The van der Waals surface area contributed by atoms with Gasteiger partial charge in [-0.25, -0.2) is 4.79 Å². The monoisotopic (exact) mass is 277 g/mol. The van der Waals surface area contributed by atoms with E-state index in [1.165, 1.54) is 7.11 Å². The van der Waals surface area contributed by atoms with E-state index in [9.17, 15) is 4.79 Å². The third-order valence-corrected chi connectivity index (χ3v) is 4.23. The predicted molar refractivity (Wildman–Crippen MR) is 76.7 cm³/mol. The number of hydrogen-bond donors (Lipinski definition) is 1. The van der Waals surface area contributed by atoms with Gasteiger partial charge in [-0.05, 0) is 17.7 Å². The molecule has 0 aliphatic carbocycles. The molecule has 0 spiro atoms. The Kier molecular flexibility index (Phi) is 3.33. The van der Waals surface area contributed by atoms with E-state index >= 15 is 0 Å². The fraction of sp³-hybridized carbons (Fsp3) is 0.385. The van der Waals surface area contributed by atoms with Crippen molar-refractivity contribution in [3.8, 4) is 0 Å². The minimum atomic E-state index is -0.453. The van der Waals surface area contributed by atoms with Crippen LogP contribution in [-0.2, 0) is 4.74 Å². The van der Waals surface area contributed by atoms with Gasteiger partial charge < -0.3 is 9.64 Å². The summed E-state index contributed by atoms with van der Waals surface area (Å²) in [6.45, 7) is 2.02. The highest BCUT2D eigenvalue weighted by Gasteiger charge is 2.30. The first-order valence-electron chi connectivity index (χ1n) is 6.17. The van der Waals surface area contributed by atoms with Gasteiger partial charge in [0.1, 0.15) is 0 Å². The van der Waals surface area contributed by atoms with Crippen molar-refractivity contribution < 1.29 is 9.53 Å². The van der Waals surface area contributed by atoms with Crippen molar-refractivity contribution in [1.29, 1.82) is 0 Å². The van der Waals surface area contributed by atoms with E-state index < -0.39 is 6.09 Å². The molecule has 0 aromatic heterocycles. The smallest absolute Gasteiger partial charge is 0.411 e. The SMILES string of the molecule is COC(=O)Nc1cccc(C2CN3CCSC3=N2)c1. The Labute approximate surface area is 116 Å². The van der Waals surface area contributed by atoms with Crippen molar-refractivity contribution in [2.24, 2.45) is 4.99 Å². The molecule has 0 radical (unpaired) electrons. The van der Waals surface area contributed by atoms with Crippen LogP contribution in [0, 0.1) is 0 Å². The Balaban J connectivity index is 1.77. The standard InChI is InChI=1S/C13H15N3O2S/c1-18-13(17)14-10-4-2-3-9(7-10)11-8-16-5-6-19-12(16)15-11/h2-4,7,11H,5-6,8H2,1H3,(H,14,17). The summed E-state index contributed by atoms with van der Waals surface area (Å²) in [5, 5.41) is 3.83. The number of benzene rings is 1. The summed E-state index contributed by atoms with van der Waals surface area (Å²) in [5.74, 6) is 1.13. The van der Waals surface area contributed by atoms with Crippen LogP contribution >= 0.6 is 11.8 Å². The molecule has 3 rings (SSSR count). The van der Waals surface area contributed by atoms with E-state index in [0.29, 0.717) is 0 Å². The highest BCUT2D eigenvalue weighted by Crippen LogP contribution is 2.32. The normalized spacial score (nSPS) is 21.0. The third-order valence-electron chi connectivity index (χ3n) is 3.23. The first kappa shape index (κ1) is 12.3. The summed E-state index contributed by atoms with van der Waals surface area (Å²) in [6, 6.07) is 7.94. The lowest BCUT2D eigenvalue weighted by molar-refractivity contribution is 0.187. The van der Waals surface area contributed by atoms with Gasteiger partial charge in [-0.15, -0.1) is 0 Å². The molecule has 1 aromatic rings. The summed E-state index contributed by atoms with van der Waals surface area (Å²) < 4.78 is 4.59. The summed E-state index contributed by atoms with van der Waals surface area (Å²) in [5.41, 5.74) is 1.86. The second kappa shape index (κ2) is 5.13. The molecule has 1 saturated heterocycles. The summed E-state index contributed by atoms with van der Waals surface area (Å²) in [7, 11) is 1.35. The minimum absolute atomic E-state index is 0.169. The molecule has 1 amide bonds. The van der Waals surface area contributed by atoms with Crippen LogP contribution in [0.3, 0.4) is 0 Å². The van der Waals surface area contributed by atoms with Crippen LogP contribution in [0.1, 0.15) is 11.6 Å². The number of amidine groups is 1. The number of methoxy groups -OCH3 is 1. The average molecular weight is 277 g/mol. The van der Waals surface area contributed by atoms with Crippen molar-refractivity contribution in [1.82, 2.24) is 4.90 Å². The first-order valence-corrected chi connectivity index (χ1v) is 7.15. The lowest BCUT2D eigenvalue weighted by Crippen LogP contribution is -2.21. The van der Waals surface area contributed by atoms with Gasteiger partial charge in [0.2, 0.25) is 0 Å². The Morgan fingerprint density at radius 2 is 2.47 bits per heavy atom. The number of carbonyl (C=O) groups excluding carboxylic acids is 1. The molecule has 0 bridgehead atoms. The van der Waals surface area contributed by atoms with E-state index in [4.69, 9.17) is 4.99 Å². The summed E-state index contributed by atoms with van der Waals surface area (Å²) >= 11 is 1.82. The minimum Gasteiger partial charge on any atom is -0.453 e. The third kappa shape index (κ3) is 2.53. The zero-order valence-electron chi connectivity index (χ0n) is 10.6. The predicted octanol–water partition coefficient (Wildman–Crippen LogP) is 2.32. The Morgan fingerprint density at radius 3 is 3.26 bits per heavy atom. The molecule has 100 valence electrons. The molecule has 1 fully saturated rings. The fourth-order valence-corrected chi connectivity index (χ4v) is 3.32. The van der Waals surface area contributed by atoms with Crippen molar-refractivity contribution in [3.05, 3.63) is 29.8 Å². The number of aliphatic imine (C=N–C) groups is 1. The van der Waals surface area contributed by atoms with Crippen LogP contribution in [0.4, 0.5) is 10.5 Å². The quantitative estimate of drug-likeness (QED) is 0.901. The lowest BCUT2D eigenvalue weighted by atomic mass is 10.1. The van der Waals surface area contributed by atoms with Crippen molar-refractivity contribution in [3.63, 3.8) is 0 Å². The number of rotatable bonds is 2. The second-order valence-corrected chi connectivity index (χ2v) is 5.53. The van der Waals surface area contributed by atoms with Gasteiger partial charge in [0, 0.05) is 24.5 Å². The number of hydrogen-bond acceptors (Lipinski definition) is 5. The van der Waals surface area contributed by atoms with Gasteiger partial charge in [0.15, 0.2) is 5.17 Å². The van der Waals surface area contributed by atoms with Crippen molar-refractivity contribution >= 4 is 28.7 Å². The first-order chi connectivity index (χ1) is 9.26. The van der Waals surface area contributed by atoms with Crippen LogP contribution in [0.5, 0.6) is 0 Å². The Bertz CT molecular complexity index is 532. The number of ether oxygens (including phenoxy) is 1. The van der Waals surface area contributed by atoms with Gasteiger partial charge >= 0.3 is 6.09 Å². The molecule has 2 aliphatic rings. The molecular formula is C13H15N3O2S. The molecule has 19 heavy (non-hydrogen) atoms. The molecular weight excluding hydrogens is 262 g/mol. The molecule has 0 saturated carbocycles. The number of nitrogens with zero attached hydrogens (tertiary/aromatic N) is 2. The number of carbonyl (C=O) groups is 1. The molecule has 2 aliphatic heterocycles. The molecule has 2 heterocycles. The highest BCUT2D eigenvalue weighted by atomic mass is 32.2. The zero-order valence-corrected chi connectivity index (χ0v) is 11.4. The van der Waals surface area contributed by atoms with E-state index in [2.05, 4.69) is 15.0 Å². The lowest BCUT2D eigenvalue weighted by Gasteiger charge is -2.13.